The van der Waals surface area contributed by atoms with E-state index in [0.29, 0.717) is 5.92 Å². The molecule has 102 valence electrons. The van der Waals surface area contributed by atoms with Gasteiger partial charge >= 0.3 is 0 Å². The lowest BCUT2D eigenvalue weighted by atomic mass is 9.97. The highest BCUT2D eigenvalue weighted by atomic mass is 35.6. The van der Waals surface area contributed by atoms with E-state index in [1.807, 2.05) is 12.3 Å². The van der Waals surface area contributed by atoms with Gasteiger partial charge in [0.2, 0.25) is 0 Å². The highest BCUT2D eigenvalue weighted by molar-refractivity contribution is 7.23. The third-order valence-electron chi connectivity index (χ3n) is 3.86. The van der Waals surface area contributed by atoms with Crippen molar-refractivity contribution < 1.29 is 0 Å². The Kier molecular flexibility index (Phi) is 3.31. The van der Waals surface area contributed by atoms with Crippen molar-refractivity contribution >= 4 is 29.4 Å². The lowest BCUT2D eigenvalue weighted by Gasteiger charge is -2.16. The number of fused-ring (bicyclic) bond motifs is 1. The third kappa shape index (κ3) is 2.34. The molecule has 1 aliphatic carbocycles. The van der Waals surface area contributed by atoms with Crippen molar-refractivity contribution in [3.8, 4) is 0 Å². The Morgan fingerprint density at radius 3 is 2.55 bits per heavy atom. The van der Waals surface area contributed by atoms with Crippen molar-refractivity contribution in [2.75, 3.05) is 0 Å². The molecule has 0 N–H and O–H groups in total. The number of halogens is 1. The molecule has 1 aliphatic rings. The van der Waals surface area contributed by atoms with Gasteiger partial charge in [-0.3, -0.25) is 4.98 Å². The first kappa shape index (κ1) is 13.6. The minimum Gasteiger partial charge on any atom is -0.256 e. The fourth-order valence-corrected chi connectivity index (χ4v) is 5.19. The highest BCUT2D eigenvalue weighted by Crippen LogP contribution is 2.38. The highest BCUT2D eigenvalue weighted by Gasteiger charge is 2.29. The summed E-state index contributed by atoms with van der Waals surface area (Å²) in [7, 11) is -1.78. The Labute approximate surface area is 125 Å². The second-order valence-electron chi connectivity index (χ2n) is 5.85. The lowest BCUT2D eigenvalue weighted by molar-refractivity contribution is 1.10. The van der Waals surface area contributed by atoms with E-state index in [0.717, 1.165) is 5.52 Å². The molecule has 0 aliphatic heterocycles. The average Bonchev–Trinajstić information content (AvgIpc) is 2.80. The van der Waals surface area contributed by atoms with Crippen LogP contribution in [0, 0.1) is 0 Å². The van der Waals surface area contributed by atoms with Crippen molar-refractivity contribution in [1.29, 1.82) is 0 Å². The molecule has 0 amide bonds. The van der Waals surface area contributed by atoms with Gasteiger partial charge in [0.25, 0.3) is 0 Å². The van der Waals surface area contributed by atoms with Crippen molar-refractivity contribution in [3.63, 3.8) is 0 Å². The maximum atomic E-state index is 6.62. The first-order valence-corrected chi connectivity index (χ1v) is 10.9. The van der Waals surface area contributed by atoms with Gasteiger partial charge in [0, 0.05) is 17.5 Å². The molecule has 0 radical (unpaired) electrons. The summed E-state index contributed by atoms with van der Waals surface area (Å²) < 4.78 is 0. The van der Waals surface area contributed by atoms with Crippen LogP contribution in [-0.2, 0) is 0 Å². The number of para-hydroxylation sites is 1. The summed E-state index contributed by atoms with van der Waals surface area (Å²) in [5.74, 6) is 0.300. The maximum Gasteiger partial charge on any atom is 0.180 e. The predicted molar refractivity (Wildman–Crippen MR) is 89.7 cm³/mol. The zero-order valence-corrected chi connectivity index (χ0v) is 13.8. The van der Waals surface area contributed by atoms with Crippen molar-refractivity contribution in [2.45, 2.75) is 25.9 Å². The summed E-state index contributed by atoms with van der Waals surface area (Å²) >= 11 is 6.62. The number of benzene rings is 1. The normalized spacial score (nSPS) is 19.1. The number of aromatic nitrogens is 1. The summed E-state index contributed by atoms with van der Waals surface area (Å²) in [5.41, 5.74) is 3.69. The summed E-state index contributed by atoms with van der Waals surface area (Å²) in [4.78, 5) is 4.56. The van der Waals surface area contributed by atoms with E-state index in [1.165, 1.54) is 21.7 Å². The summed E-state index contributed by atoms with van der Waals surface area (Å²) in [5, 5.41) is 2.55. The molecule has 2 aromatic rings. The monoisotopic (exact) mass is 299 g/mol. The molecule has 0 saturated carbocycles. The minimum absolute atomic E-state index is 0.300. The number of allylic oxidation sites excluding steroid dienone is 4. The van der Waals surface area contributed by atoms with Gasteiger partial charge in [0.05, 0.1) is 5.52 Å². The number of pyridine rings is 1. The Balaban J connectivity index is 2.12. The SMILES string of the molecule is CC1=CC(c2cccc3cccnc23)C=C1[Si](C)(C)Cl. The quantitative estimate of drug-likeness (QED) is 0.549. The largest absolute Gasteiger partial charge is 0.256 e. The fourth-order valence-electron chi connectivity index (χ4n) is 2.96. The van der Waals surface area contributed by atoms with Gasteiger partial charge in [-0.25, -0.2) is 0 Å². The topological polar surface area (TPSA) is 12.9 Å². The molecule has 1 aromatic carbocycles. The van der Waals surface area contributed by atoms with Gasteiger partial charge in [-0.2, -0.15) is 11.1 Å². The predicted octanol–water partition coefficient (Wildman–Crippen LogP) is 5.19. The van der Waals surface area contributed by atoms with Crippen LogP contribution in [0.1, 0.15) is 18.4 Å². The molecule has 1 atom stereocenters. The molecule has 3 heteroatoms. The Hall–Kier alpha value is -1.38. The van der Waals surface area contributed by atoms with E-state index in [1.54, 1.807) is 0 Å². The first-order chi connectivity index (χ1) is 9.47. The van der Waals surface area contributed by atoms with Gasteiger partial charge in [0.15, 0.2) is 7.38 Å². The van der Waals surface area contributed by atoms with Crippen molar-refractivity contribution in [3.05, 3.63) is 65.0 Å². The lowest BCUT2D eigenvalue weighted by Crippen LogP contribution is -2.20. The number of hydrogen-bond donors (Lipinski definition) is 0. The minimum atomic E-state index is -1.78. The van der Waals surface area contributed by atoms with E-state index < -0.39 is 7.38 Å². The number of hydrogen-bond acceptors (Lipinski definition) is 1. The molecule has 0 fully saturated rings. The van der Waals surface area contributed by atoms with E-state index in [2.05, 4.69) is 61.4 Å². The van der Waals surface area contributed by atoms with Crippen LogP contribution in [0.4, 0.5) is 0 Å². The molecule has 20 heavy (non-hydrogen) atoms. The van der Waals surface area contributed by atoms with Crippen LogP contribution in [0.15, 0.2) is 59.5 Å². The van der Waals surface area contributed by atoms with Gasteiger partial charge in [0.1, 0.15) is 0 Å². The second-order valence-corrected chi connectivity index (χ2v) is 12.2. The van der Waals surface area contributed by atoms with Crippen LogP contribution in [0.2, 0.25) is 13.1 Å². The summed E-state index contributed by atoms with van der Waals surface area (Å²) in [6.07, 6.45) is 6.51. The molecule has 0 saturated heterocycles. The van der Waals surface area contributed by atoms with Gasteiger partial charge < -0.3 is 0 Å². The third-order valence-corrected chi connectivity index (χ3v) is 6.32. The first-order valence-electron chi connectivity index (χ1n) is 6.90. The van der Waals surface area contributed by atoms with Crippen LogP contribution in [0.5, 0.6) is 0 Å². The van der Waals surface area contributed by atoms with Crippen LogP contribution >= 0.6 is 11.1 Å². The summed E-state index contributed by atoms with van der Waals surface area (Å²) in [6, 6.07) is 10.5. The fraction of sp³-hybridized carbons (Fsp3) is 0.235. The van der Waals surface area contributed by atoms with Crippen molar-refractivity contribution in [1.82, 2.24) is 4.98 Å². The standard InChI is InChI=1S/C17H18ClNSi/c1-12-10-14(11-16(12)20(2,3)18)15-8-4-6-13-7-5-9-19-17(13)15/h4-11,14H,1-3H3. The molecule has 1 unspecified atom stereocenters. The molecule has 1 aromatic heterocycles. The molecular weight excluding hydrogens is 282 g/mol. The number of rotatable bonds is 2. The Bertz CT molecular complexity index is 720. The average molecular weight is 300 g/mol. The number of nitrogens with zero attached hydrogens (tertiary/aromatic N) is 1. The maximum absolute atomic E-state index is 6.62. The van der Waals surface area contributed by atoms with Crippen LogP contribution < -0.4 is 0 Å². The Morgan fingerprint density at radius 1 is 1.10 bits per heavy atom. The van der Waals surface area contributed by atoms with Crippen molar-refractivity contribution in [2.24, 2.45) is 0 Å². The van der Waals surface area contributed by atoms with Gasteiger partial charge in [-0.1, -0.05) is 55.1 Å². The van der Waals surface area contributed by atoms with Crippen LogP contribution in [-0.4, -0.2) is 12.4 Å². The smallest absolute Gasteiger partial charge is 0.180 e. The van der Waals surface area contributed by atoms with E-state index in [9.17, 15) is 0 Å². The second kappa shape index (κ2) is 4.87. The zero-order valence-electron chi connectivity index (χ0n) is 12.0. The van der Waals surface area contributed by atoms with Gasteiger partial charge in [-0.15, -0.1) is 0 Å². The van der Waals surface area contributed by atoms with Crippen LogP contribution in [0.25, 0.3) is 10.9 Å². The zero-order chi connectivity index (χ0) is 14.3. The van der Waals surface area contributed by atoms with E-state index >= 15 is 0 Å². The summed E-state index contributed by atoms with van der Waals surface area (Å²) in [6.45, 7) is 6.53. The molecule has 1 nitrogen and oxygen atoms in total. The van der Waals surface area contributed by atoms with E-state index in [-0.39, 0.29) is 0 Å². The molecular formula is C17H18ClNSi. The molecule has 3 rings (SSSR count). The molecule has 0 spiro atoms. The van der Waals surface area contributed by atoms with E-state index in [4.69, 9.17) is 11.1 Å². The molecule has 1 heterocycles. The van der Waals surface area contributed by atoms with Gasteiger partial charge in [-0.05, 0) is 23.7 Å². The Morgan fingerprint density at radius 2 is 1.85 bits per heavy atom. The van der Waals surface area contributed by atoms with Crippen LogP contribution in [0.3, 0.4) is 0 Å². The molecule has 0 bridgehead atoms.